The van der Waals surface area contributed by atoms with Crippen LogP contribution in [0, 0.1) is 6.07 Å². The van der Waals surface area contributed by atoms with E-state index < -0.39 is 0 Å². The molecule has 1 aromatic carbocycles. The maximum Gasteiger partial charge on any atom is 0.112 e. The molecule has 3 nitrogen and oxygen atoms in total. The van der Waals surface area contributed by atoms with Gasteiger partial charge in [-0.25, -0.2) is 0 Å². The number of pyridine rings is 1. The number of benzene rings is 1. The first kappa shape index (κ1) is 14.2. The van der Waals surface area contributed by atoms with Gasteiger partial charge in [0.05, 0.1) is 5.69 Å². The third-order valence-corrected chi connectivity index (χ3v) is 5.35. The summed E-state index contributed by atoms with van der Waals surface area (Å²) >= 11 is 0. The zero-order valence-corrected chi connectivity index (χ0v) is 14.8. The van der Waals surface area contributed by atoms with Crippen LogP contribution in [0.5, 0.6) is 0 Å². The van der Waals surface area contributed by atoms with E-state index in [0.717, 1.165) is 17.8 Å². The molecule has 0 bridgehead atoms. The Morgan fingerprint density at radius 1 is 1.05 bits per heavy atom. The standard InChI is InChI=1S/C18H18N3.Ir/c1-2-6-14(7-3-1)16-17-15(8-11-19-16)20-12-4-9-18(20)10-5-13-21(17)18;/h1-3,6,8,11H,4-5,9-10,12-13H2;/q-1;. The van der Waals surface area contributed by atoms with E-state index >= 15 is 0 Å². The van der Waals surface area contributed by atoms with E-state index in [1.165, 1.54) is 43.6 Å². The van der Waals surface area contributed by atoms with Gasteiger partial charge in [-0.1, -0.05) is 0 Å². The van der Waals surface area contributed by atoms with Crippen molar-refractivity contribution in [2.24, 2.45) is 0 Å². The van der Waals surface area contributed by atoms with Gasteiger partial charge in [-0.05, 0) is 31.7 Å². The van der Waals surface area contributed by atoms with Gasteiger partial charge in [0, 0.05) is 50.8 Å². The minimum absolute atomic E-state index is 0. The van der Waals surface area contributed by atoms with Gasteiger partial charge >= 0.3 is 0 Å². The van der Waals surface area contributed by atoms with Crippen molar-refractivity contribution < 1.29 is 20.1 Å². The predicted molar refractivity (Wildman–Crippen MR) is 84.4 cm³/mol. The Hall–Kier alpha value is -1.38. The van der Waals surface area contributed by atoms with Crippen molar-refractivity contribution in [2.75, 3.05) is 22.9 Å². The van der Waals surface area contributed by atoms with E-state index in [0.29, 0.717) is 0 Å². The molecule has 4 heteroatoms. The number of aromatic nitrogens is 1. The molecule has 1 radical (unpaired) electrons. The first-order valence-electron chi connectivity index (χ1n) is 7.92. The Morgan fingerprint density at radius 2 is 1.86 bits per heavy atom. The van der Waals surface area contributed by atoms with E-state index in [-0.39, 0.29) is 25.8 Å². The van der Waals surface area contributed by atoms with Crippen molar-refractivity contribution in [1.82, 2.24) is 4.98 Å². The van der Waals surface area contributed by atoms with E-state index in [2.05, 4.69) is 34.1 Å². The average Bonchev–Trinajstić information content (AvgIpc) is 3.19. The van der Waals surface area contributed by atoms with E-state index in [9.17, 15) is 0 Å². The fourth-order valence-corrected chi connectivity index (χ4v) is 4.60. The third kappa shape index (κ3) is 1.68. The van der Waals surface area contributed by atoms with Crippen molar-refractivity contribution in [3.8, 4) is 11.3 Å². The molecule has 2 saturated heterocycles. The minimum atomic E-state index is 0. The first-order valence-corrected chi connectivity index (χ1v) is 7.92. The summed E-state index contributed by atoms with van der Waals surface area (Å²) in [5.41, 5.74) is 5.20. The fraction of sp³-hybridized carbons (Fsp3) is 0.389. The maximum atomic E-state index is 4.71. The second kappa shape index (κ2) is 5.07. The average molecular weight is 469 g/mol. The molecule has 22 heavy (non-hydrogen) atoms. The van der Waals surface area contributed by atoms with Gasteiger partial charge < -0.3 is 14.8 Å². The first-order chi connectivity index (χ1) is 10.4. The van der Waals surface area contributed by atoms with Gasteiger partial charge in [0.2, 0.25) is 0 Å². The van der Waals surface area contributed by atoms with Crippen LogP contribution >= 0.6 is 0 Å². The van der Waals surface area contributed by atoms with Crippen LogP contribution < -0.4 is 9.80 Å². The SMILES string of the molecule is [Ir].[c-]1ccccc1-c1nccc2c1N1CCCC13CCCN23. The molecule has 0 saturated carbocycles. The number of hydrogen-bond donors (Lipinski definition) is 0. The number of fused-ring (bicyclic) bond motifs is 3. The van der Waals surface area contributed by atoms with Crippen LogP contribution in [0.3, 0.4) is 0 Å². The van der Waals surface area contributed by atoms with E-state index in [1.54, 1.807) is 0 Å². The van der Waals surface area contributed by atoms with Gasteiger partial charge in [0.25, 0.3) is 0 Å². The Morgan fingerprint density at radius 3 is 2.64 bits per heavy atom. The zero-order valence-electron chi connectivity index (χ0n) is 12.4. The number of rotatable bonds is 1. The second-order valence-electron chi connectivity index (χ2n) is 6.30. The number of nitrogens with zero attached hydrogens (tertiary/aromatic N) is 3. The molecule has 0 aliphatic carbocycles. The quantitative estimate of drug-likeness (QED) is 0.598. The van der Waals surface area contributed by atoms with Gasteiger partial charge in [0.1, 0.15) is 5.66 Å². The molecule has 2 aromatic rings. The smallest absolute Gasteiger partial charge is 0.112 e. The van der Waals surface area contributed by atoms with Crippen molar-refractivity contribution in [3.63, 3.8) is 0 Å². The van der Waals surface area contributed by atoms with Crippen LogP contribution in [0.1, 0.15) is 25.7 Å². The monoisotopic (exact) mass is 469 g/mol. The zero-order chi connectivity index (χ0) is 13.9. The van der Waals surface area contributed by atoms with Crippen LogP contribution in [-0.2, 0) is 20.1 Å². The van der Waals surface area contributed by atoms with E-state index in [4.69, 9.17) is 4.98 Å². The summed E-state index contributed by atoms with van der Waals surface area (Å²) in [6, 6.07) is 13.7. The van der Waals surface area contributed by atoms with Gasteiger partial charge in [-0.15, -0.1) is 35.9 Å². The molecule has 1 atom stereocenters. The van der Waals surface area contributed by atoms with Crippen LogP contribution in [-0.4, -0.2) is 23.7 Å². The minimum Gasteiger partial charge on any atom is -0.353 e. The topological polar surface area (TPSA) is 19.4 Å². The second-order valence-corrected chi connectivity index (χ2v) is 6.30. The van der Waals surface area contributed by atoms with Crippen molar-refractivity contribution >= 4 is 11.4 Å². The maximum absolute atomic E-state index is 4.71. The van der Waals surface area contributed by atoms with Gasteiger partial charge in [0.15, 0.2) is 0 Å². The number of hydrogen-bond acceptors (Lipinski definition) is 3. The van der Waals surface area contributed by atoms with Crippen molar-refractivity contribution in [3.05, 3.63) is 42.6 Å². The van der Waals surface area contributed by atoms with Crippen LogP contribution in [0.15, 0.2) is 36.5 Å². The van der Waals surface area contributed by atoms with E-state index in [1.807, 2.05) is 18.3 Å². The summed E-state index contributed by atoms with van der Waals surface area (Å²) < 4.78 is 0. The Labute approximate surface area is 144 Å². The molecule has 1 aromatic heterocycles. The molecule has 115 valence electrons. The van der Waals surface area contributed by atoms with Crippen LogP contribution in [0.4, 0.5) is 11.4 Å². The molecule has 5 rings (SSSR count). The summed E-state index contributed by atoms with van der Waals surface area (Å²) in [4.78, 5) is 9.99. The predicted octanol–water partition coefficient (Wildman–Crippen LogP) is 3.46. The molecular weight excluding hydrogens is 450 g/mol. The molecule has 1 spiro atoms. The largest absolute Gasteiger partial charge is 0.353 e. The third-order valence-electron chi connectivity index (χ3n) is 5.35. The summed E-state index contributed by atoms with van der Waals surface area (Å²) in [5, 5.41) is 0. The molecule has 3 aliphatic heterocycles. The molecule has 3 aliphatic rings. The molecule has 0 N–H and O–H groups in total. The summed E-state index contributed by atoms with van der Waals surface area (Å²) in [5.74, 6) is 0. The Kier molecular flexibility index (Phi) is 3.28. The van der Waals surface area contributed by atoms with Crippen LogP contribution in [0.2, 0.25) is 0 Å². The van der Waals surface area contributed by atoms with Gasteiger partial charge in [-0.3, -0.25) is 0 Å². The molecule has 4 heterocycles. The molecule has 2 fully saturated rings. The van der Waals surface area contributed by atoms with Crippen molar-refractivity contribution in [2.45, 2.75) is 31.3 Å². The molecule has 0 amide bonds. The Balaban J connectivity index is 0.00000125. The summed E-state index contributed by atoms with van der Waals surface area (Å²) in [7, 11) is 0. The van der Waals surface area contributed by atoms with Crippen LogP contribution in [0.25, 0.3) is 11.3 Å². The molecule has 1 unspecified atom stereocenters. The van der Waals surface area contributed by atoms with Gasteiger partial charge in [-0.2, -0.15) is 0 Å². The fourth-order valence-electron chi connectivity index (χ4n) is 4.60. The normalized spacial score (nSPS) is 24.7. The molecular formula is C18H18IrN3-. The summed E-state index contributed by atoms with van der Waals surface area (Å²) in [6.07, 6.45) is 7.15. The summed E-state index contributed by atoms with van der Waals surface area (Å²) in [6.45, 7) is 2.35. The number of anilines is 2. The van der Waals surface area contributed by atoms with Crippen molar-refractivity contribution in [1.29, 1.82) is 0 Å². The Bertz CT molecular complexity index is 699.